The summed E-state index contributed by atoms with van der Waals surface area (Å²) in [6.07, 6.45) is 0. The number of anilines is 1. The molecule has 26 heavy (non-hydrogen) atoms. The maximum Gasteiger partial charge on any atom is 0.337 e. The van der Waals surface area contributed by atoms with Crippen LogP contribution in [0.3, 0.4) is 0 Å². The van der Waals surface area contributed by atoms with Gasteiger partial charge in [-0.25, -0.2) is 17.6 Å². The van der Waals surface area contributed by atoms with E-state index < -0.39 is 33.8 Å². The van der Waals surface area contributed by atoms with Crippen LogP contribution in [0.5, 0.6) is 0 Å². The molecule has 7 nitrogen and oxygen atoms in total. The third-order valence-electron chi connectivity index (χ3n) is 3.42. The van der Waals surface area contributed by atoms with Crippen molar-refractivity contribution in [3.05, 3.63) is 59.9 Å². The van der Waals surface area contributed by atoms with Gasteiger partial charge in [0.15, 0.2) is 0 Å². The summed E-state index contributed by atoms with van der Waals surface area (Å²) in [7, 11) is -2.72. The van der Waals surface area contributed by atoms with E-state index in [9.17, 15) is 22.4 Å². The number of carbonyl (C=O) groups excluding carboxylic acids is 2. The van der Waals surface area contributed by atoms with Gasteiger partial charge < -0.3 is 10.1 Å². The summed E-state index contributed by atoms with van der Waals surface area (Å²) < 4.78 is 44.1. The molecule has 138 valence electrons. The van der Waals surface area contributed by atoms with Crippen LogP contribution in [0.1, 0.15) is 17.3 Å². The molecule has 0 aliphatic heterocycles. The first-order valence-electron chi connectivity index (χ1n) is 7.50. The van der Waals surface area contributed by atoms with Gasteiger partial charge in [-0.15, -0.1) is 0 Å². The number of ether oxygens (including phenoxy) is 1. The molecule has 0 spiro atoms. The SMILES string of the molecule is COC(=O)c1ccc(NC(=O)[C@@H](C)NS(=O)(=O)c2ccc(F)cc2)cc1. The van der Waals surface area contributed by atoms with Gasteiger partial charge >= 0.3 is 5.97 Å². The fraction of sp³-hybridized carbons (Fsp3) is 0.176. The number of amides is 1. The normalized spacial score (nSPS) is 12.3. The standard InChI is InChI=1S/C17H17FN2O5S/c1-11(20-26(23,24)15-9-5-13(18)6-10-15)16(21)19-14-7-3-12(4-8-14)17(22)25-2/h3-11,20H,1-2H3,(H,19,21)/t11-/m1/s1. The number of methoxy groups -OCH3 is 1. The lowest BCUT2D eigenvalue weighted by Crippen LogP contribution is -2.41. The summed E-state index contributed by atoms with van der Waals surface area (Å²) in [6.45, 7) is 1.37. The smallest absolute Gasteiger partial charge is 0.337 e. The van der Waals surface area contributed by atoms with Crippen LogP contribution < -0.4 is 10.0 Å². The van der Waals surface area contributed by atoms with E-state index in [-0.39, 0.29) is 4.90 Å². The summed E-state index contributed by atoms with van der Waals surface area (Å²) in [5, 5.41) is 2.53. The summed E-state index contributed by atoms with van der Waals surface area (Å²) in [5.74, 6) is -1.67. The molecule has 0 aromatic heterocycles. The Morgan fingerprint density at radius 3 is 2.15 bits per heavy atom. The van der Waals surface area contributed by atoms with Crippen LogP contribution >= 0.6 is 0 Å². The van der Waals surface area contributed by atoms with Gasteiger partial charge in [-0.2, -0.15) is 4.72 Å². The van der Waals surface area contributed by atoms with Crippen molar-refractivity contribution in [1.82, 2.24) is 4.72 Å². The molecule has 0 bridgehead atoms. The zero-order chi connectivity index (χ0) is 19.3. The molecule has 1 amide bonds. The molecule has 0 heterocycles. The number of nitrogens with one attached hydrogen (secondary N) is 2. The predicted molar refractivity (Wildman–Crippen MR) is 92.6 cm³/mol. The number of benzene rings is 2. The highest BCUT2D eigenvalue weighted by atomic mass is 32.2. The minimum absolute atomic E-state index is 0.152. The Kier molecular flexibility index (Phi) is 6.06. The third-order valence-corrected chi connectivity index (χ3v) is 4.98. The fourth-order valence-electron chi connectivity index (χ4n) is 2.03. The third kappa shape index (κ3) is 4.87. The van der Waals surface area contributed by atoms with Crippen LogP contribution in [0, 0.1) is 5.82 Å². The number of hydrogen-bond acceptors (Lipinski definition) is 5. The van der Waals surface area contributed by atoms with Crippen molar-refractivity contribution >= 4 is 27.6 Å². The molecule has 0 fully saturated rings. The topological polar surface area (TPSA) is 102 Å². The maximum absolute atomic E-state index is 12.9. The summed E-state index contributed by atoms with van der Waals surface area (Å²) in [6, 6.07) is 9.08. The van der Waals surface area contributed by atoms with Gasteiger partial charge in [0.25, 0.3) is 0 Å². The minimum Gasteiger partial charge on any atom is -0.465 e. The van der Waals surface area contributed by atoms with E-state index in [0.29, 0.717) is 11.3 Å². The number of esters is 1. The largest absolute Gasteiger partial charge is 0.465 e. The summed E-state index contributed by atoms with van der Waals surface area (Å²) in [5.41, 5.74) is 0.700. The van der Waals surface area contributed by atoms with Gasteiger partial charge in [0.1, 0.15) is 5.82 Å². The molecular formula is C17H17FN2O5S. The lowest BCUT2D eigenvalue weighted by atomic mass is 10.2. The van der Waals surface area contributed by atoms with Crippen molar-refractivity contribution in [2.45, 2.75) is 17.9 Å². The lowest BCUT2D eigenvalue weighted by molar-refractivity contribution is -0.117. The number of carbonyl (C=O) groups is 2. The van der Waals surface area contributed by atoms with Crippen molar-refractivity contribution in [3.8, 4) is 0 Å². The van der Waals surface area contributed by atoms with Crippen LogP contribution in [0.2, 0.25) is 0 Å². The molecule has 0 saturated heterocycles. The van der Waals surface area contributed by atoms with E-state index in [4.69, 9.17) is 0 Å². The van der Waals surface area contributed by atoms with Crippen molar-refractivity contribution in [2.75, 3.05) is 12.4 Å². The Morgan fingerprint density at radius 1 is 1.04 bits per heavy atom. The van der Waals surface area contributed by atoms with Crippen LogP contribution in [0.4, 0.5) is 10.1 Å². The van der Waals surface area contributed by atoms with Crippen molar-refractivity contribution in [2.24, 2.45) is 0 Å². The van der Waals surface area contributed by atoms with Crippen molar-refractivity contribution < 1.29 is 27.1 Å². The zero-order valence-electron chi connectivity index (χ0n) is 14.0. The molecule has 0 aliphatic rings. The molecule has 0 aliphatic carbocycles. The van der Waals surface area contributed by atoms with Crippen LogP contribution in [0.15, 0.2) is 53.4 Å². The second kappa shape index (κ2) is 8.07. The van der Waals surface area contributed by atoms with Gasteiger partial charge in [-0.05, 0) is 55.5 Å². The second-order valence-electron chi connectivity index (χ2n) is 5.36. The average molecular weight is 380 g/mol. The van der Waals surface area contributed by atoms with Crippen LogP contribution in [-0.4, -0.2) is 33.4 Å². The average Bonchev–Trinajstić information content (AvgIpc) is 2.61. The lowest BCUT2D eigenvalue weighted by Gasteiger charge is -2.14. The Morgan fingerprint density at radius 2 is 1.62 bits per heavy atom. The van der Waals surface area contributed by atoms with Crippen LogP contribution in [0.25, 0.3) is 0 Å². The van der Waals surface area contributed by atoms with E-state index in [1.54, 1.807) is 0 Å². The Labute approximate surface area is 150 Å². The Hall–Kier alpha value is -2.78. The van der Waals surface area contributed by atoms with Gasteiger partial charge in [-0.3, -0.25) is 4.79 Å². The van der Waals surface area contributed by atoms with E-state index in [1.165, 1.54) is 38.3 Å². The van der Waals surface area contributed by atoms with Crippen molar-refractivity contribution in [3.63, 3.8) is 0 Å². The van der Waals surface area contributed by atoms with Crippen molar-refractivity contribution in [1.29, 1.82) is 0 Å². The summed E-state index contributed by atoms with van der Waals surface area (Å²) >= 11 is 0. The summed E-state index contributed by atoms with van der Waals surface area (Å²) in [4.78, 5) is 23.4. The molecule has 2 N–H and O–H groups in total. The van der Waals surface area contributed by atoms with E-state index in [0.717, 1.165) is 24.3 Å². The van der Waals surface area contributed by atoms with Gasteiger partial charge in [0, 0.05) is 5.69 Å². The number of halogens is 1. The molecule has 1 atom stereocenters. The first kappa shape index (κ1) is 19.5. The molecule has 2 rings (SSSR count). The fourth-order valence-corrected chi connectivity index (χ4v) is 3.23. The molecular weight excluding hydrogens is 363 g/mol. The number of sulfonamides is 1. The first-order valence-corrected chi connectivity index (χ1v) is 8.98. The van der Waals surface area contributed by atoms with Crippen LogP contribution in [-0.2, 0) is 19.6 Å². The van der Waals surface area contributed by atoms with E-state index in [1.807, 2.05) is 0 Å². The highest BCUT2D eigenvalue weighted by Gasteiger charge is 2.22. The molecule has 0 radical (unpaired) electrons. The zero-order valence-corrected chi connectivity index (χ0v) is 14.8. The molecule has 9 heteroatoms. The monoisotopic (exact) mass is 380 g/mol. The molecule has 2 aromatic rings. The molecule has 2 aromatic carbocycles. The maximum atomic E-state index is 12.9. The predicted octanol–water partition coefficient (Wildman–Crippen LogP) is 1.92. The van der Waals surface area contributed by atoms with E-state index in [2.05, 4.69) is 14.8 Å². The highest BCUT2D eigenvalue weighted by Crippen LogP contribution is 2.13. The molecule has 0 saturated carbocycles. The second-order valence-corrected chi connectivity index (χ2v) is 7.07. The first-order chi connectivity index (χ1) is 12.2. The number of hydrogen-bond donors (Lipinski definition) is 2. The molecule has 0 unspecified atom stereocenters. The minimum atomic E-state index is -3.97. The van der Waals surface area contributed by atoms with Gasteiger partial charge in [0.05, 0.1) is 23.6 Å². The Bertz CT molecular complexity index is 896. The van der Waals surface area contributed by atoms with E-state index >= 15 is 0 Å². The van der Waals surface area contributed by atoms with Gasteiger partial charge in [-0.1, -0.05) is 0 Å². The quantitative estimate of drug-likeness (QED) is 0.746. The van der Waals surface area contributed by atoms with Gasteiger partial charge in [0.2, 0.25) is 15.9 Å². The Balaban J connectivity index is 2.03. The number of rotatable bonds is 6. The highest BCUT2D eigenvalue weighted by molar-refractivity contribution is 7.89.